The fraction of sp³-hybridized carbons (Fsp3) is 0.500. The summed E-state index contributed by atoms with van der Waals surface area (Å²) in [5.74, 6) is -1.13. The van der Waals surface area contributed by atoms with Crippen LogP contribution in [-0.2, 0) is 30.4 Å². The molecule has 1 aromatic rings. The van der Waals surface area contributed by atoms with Gasteiger partial charge >= 0.3 is 12.1 Å². The Labute approximate surface area is 189 Å². The predicted molar refractivity (Wildman–Crippen MR) is 114 cm³/mol. The fourth-order valence-electron chi connectivity index (χ4n) is 2.91. The van der Waals surface area contributed by atoms with Gasteiger partial charge in [-0.05, 0) is 24.5 Å². The summed E-state index contributed by atoms with van der Waals surface area (Å²) in [6.07, 6.45) is 3.60. The highest BCUT2D eigenvalue weighted by Crippen LogP contribution is 2.18. The van der Waals surface area contributed by atoms with Gasteiger partial charge in [-0.25, -0.2) is 4.79 Å². The molecule has 0 bridgehead atoms. The van der Waals surface area contributed by atoms with E-state index in [0.29, 0.717) is 25.9 Å². The highest BCUT2D eigenvalue weighted by molar-refractivity contribution is 8.00. The molecule has 32 heavy (non-hydrogen) atoms. The SMILES string of the molecule is CC(=O)OCOC(=O)N[C@@H](CSCC(=O)NCc1cccnc1)C(=O)N1CCC[C@H]1C#N. The number of hydrogen-bond acceptors (Lipinski definition) is 9. The number of nitrogens with zero attached hydrogens (tertiary/aromatic N) is 3. The van der Waals surface area contributed by atoms with E-state index < -0.39 is 36.8 Å². The Morgan fingerprint density at radius 2 is 2.19 bits per heavy atom. The molecule has 0 aromatic carbocycles. The zero-order chi connectivity index (χ0) is 23.3. The first-order valence-corrected chi connectivity index (χ1v) is 11.1. The highest BCUT2D eigenvalue weighted by atomic mass is 32.2. The van der Waals surface area contributed by atoms with Gasteiger partial charge in [0.05, 0.1) is 11.8 Å². The van der Waals surface area contributed by atoms with Crippen molar-refractivity contribution in [2.24, 2.45) is 0 Å². The Balaban J connectivity index is 1.87. The molecule has 1 aliphatic heterocycles. The number of pyridine rings is 1. The van der Waals surface area contributed by atoms with Gasteiger partial charge in [0.15, 0.2) is 0 Å². The number of rotatable bonds is 10. The molecular formula is C20H25N5O6S. The second kappa shape index (κ2) is 13.2. The van der Waals surface area contributed by atoms with Gasteiger partial charge in [0.25, 0.3) is 0 Å². The molecule has 0 aliphatic carbocycles. The van der Waals surface area contributed by atoms with Gasteiger partial charge in [0.2, 0.25) is 18.6 Å². The highest BCUT2D eigenvalue weighted by Gasteiger charge is 2.34. The number of esters is 1. The van der Waals surface area contributed by atoms with Gasteiger partial charge in [-0.1, -0.05) is 6.07 Å². The first kappa shape index (κ1) is 24.9. The third kappa shape index (κ3) is 8.43. The fourth-order valence-corrected chi connectivity index (χ4v) is 3.78. The molecule has 1 saturated heterocycles. The molecule has 2 atom stereocenters. The lowest BCUT2D eigenvalue weighted by Gasteiger charge is -2.25. The summed E-state index contributed by atoms with van der Waals surface area (Å²) in [6, 6.07) is 4.12. The third-order valence-electron chi connectivity index (χ3n) is 4.46. The summed E-state index contributed by atoms with van der Waals surface area (Å²) in [7, 11) is 0. The summed E-state index contributed by atoms with van der Waals surface area (Å²) in [6.45, 7) is 1.32. The van der Waals surface area contributed by atoms with Crippen LogP contribution in [0.2, 0.25) is 0 Å². The molecule has 12 heteroatoms. The van der Waals surface area contributed by atoms with Crippen molar-refractivity contribution in [3.05, 3.63) is 30.1 Å². The molecule has 11 nitrogen and oxygen atoms in total. The van der Waals surface area contributed by atoms with Crippen LogP contribution >= 0.6 is 11.8 Å². The van der Waals surface area contributed by atoms with E-state index in [1.54, 1.807) is 18.5 Å². The van der Waals surface area contributed by atoms with Crippen LogP contribution in [-0.4, -0.2) is 70.7 Å². The average molecular weight is 464 g/mol. The zero-order valence-electron chi connectivity index (χ0n) is 17.6. The molecule has 0 spiro atoms. The van der Waals surface area contributed by atoms with E-state index in [1.807, 2.05) is 6.07 Å². The van der Waals surface area contributed by atoms with Crippen molar-refractivity contribution in [3.8, 4) is 6.07 Å². The normalized spacial score (nSPS) is 15.9. The van der Waals surface area contributed by atoms with Crippen LogP contribution in [0.5, 0.6) is 0 Å². The van der Waals surface area contributed by atoms with E-state index in [4.69, 9.17) is 4.74 Å². The first-order valence-electron chi connectivity index (χ1n) is 9.90. The molecular weight excluding hydrogens is 438 g/mol. The minimum absolute atomic E-state index is 0.0654. The third-order valence-corrected chi connectivity index (χ3v) is 5.49. The average Bonchev–Trinajstić information content (AvgIpc) is 3.26. The molecule has 2 heterocycles. The summed E-state index contributed by atoms with van der Waals surface area (Å²) in [5, 5.41) is 14.4. The second-order valence-electron chi connectivity index (χ2n) is 6.85. The second-order valence-corrected chi connectivity index (χ2v) is 7.88. The van der Waals surface area contributed by atoms with Gasteiger partial charge in [-0.15, -0.1) is 11.8 Å². The van der Waals surface area contributed by atoms with E-state index in [0.717, 1.165) is 17.3 Å². The molecule has 2 rings (SSSR count). The summed E-state index contributed by atoms with van der Waals surface area (Å²) in [4.78, 5) is 53.2. The standard InChI is InChI=1S/C20H25N5O6S/c1-14(26)30-13-31-20(29)24-17(19(28)25-7-3-5-16(25)8-21)11-32-12-18(27)23-10-15-4-2-6-22-9-15/h2,4,6,9,16-17H,3,5,7,10-13H2,1H3,(H,23,27)(H,24,29)/t16-,17-/m0/s1. The minimum atomic E-state index is -1.01. The van der Waals surface area contributed by atoms with E-state index in [9.17, 15) is 24.4 Å². The van der Waals surface area contributed by atoms with Crippen molar-refractivity contribution < 1.29 is 28.7 Å². The summed E-state index contributed by atoms with van der Waals surface area (Å²) >= 11 is 1.16. The lowest BCUT2D eigenvalue weighted by atomic mass is 10.2. The topological polar surface area (TPSA) is 151 Å². The Morgan fingerprint density at radius 3 is 2.88 bits per heavy atom. The number of hydrogen-bond donors (Lipinski definition) is 2. The molecule has 1 aromatic heterocycles. The van der Waals surface area contributed by atoms with Crippen molar-refractivity contribution in [2.45, 2.75) is 38.4 Å². The Morgan fingerprint density at radius 1 is 1.38 bits per heavy atom. The van der Waals surface area contributed by atoms with Crippen LogP contribution in [0, 0.1) is 11.3 Å². The number of amides is 3. The monoisotopic (exact) mass is 463 g/mol. The maximum absolute atomic E-state index is 12.9. The van der Waals surface area contributed by atoms with Gasteiger partial charge in [-0.2, -0.15) is 5.26 Å². The van der Waals surface area contributed by atoms with E-state index in [2.05, 4.69) is 26.4 Å². The van der Waals surface area contributed by atoms with Crippen LogP contribution in [0.15, 0.2) is 24.5 Å². The van der Waals surface area contributed by atoms with Crippen LogP contribution in [0.1, 0.15) is 25.3 Å². The maximum Gasteiger partial charge on any atom is 0.410 e. The van der Waals surface area contributed by atoms with Gasteiger partial charge in [-0.3, -0.25) is 19.4 Å². The largest absolute Gasteiger partial charge is 0.428 e. The molecule has 1 fully saturated rings. The number of alkyl carbamates (subject to hydrolysis) is 1. The Bertz CT molecular complexity index is 847. The number of ether oxygens (including phenoxy) is 2. The number of carbonyl (C=O) groups excluding carboxylic acids is 4. The zero-order valence-corrected chi connectivity index (χ0v) is 18.4. The Hall–Kier alpha value is -3.33. The molecule has 1 aliphatic rings. The lowest BCUT2D eigenvalue weighted by molar-refractivity contribution is -0.149. The number of thioether (sulfide) groups is 1. The molecule has 0 saturated carbocycles. The van der Waals surface area contributed by atoms with Crippen molar-refractivity contribution in [2.75, 3.05) is 24.8 Å². The van der Waals surface area contributed by atoms with Crippen molar-refractivity contribution in [1.29, 1.82) is 5.26 Å². The molecule has 0 radical (unpaired) electrons. The van der Waals surface area contributed by atoms with Gasteiger partial charge < -0.3 is 25.0 Å². The number of aromatic nitrogens is 1. The van der Waals surface area contributed by atoms with E-state index >= 15 is 0 Å². The minimum Gasteiger partial charge on any atom is -0.428 e. The first-order chi connectivity index (χ1) is 15.4. The van der Waals surface area contributed by atoms with Crippen molar-refractivity contribution in [3.63, 3.8) is 0 Å². The van der Waals surface area contributed by atoms with Crippen LogP contribution in [0.3, 0.4) is 0 Å². The van der Waals surface area contributed by atoms with Crippen molar-refractivity contribution >= 4 is 35.6 Å². The number of carbonyl (C=O) groups is 4. The van der Waals surface area contributed by atoms with E-state index in [1.165, 1.54) is 11.8 Å². The molecule has 3 amide bonds. The Kier molecular flexibility index (Phi) is 10.3. The molecule has 0 unspecified atom stereocenters. The number of likely N-dealkylation sites (tertiary alicyclic amines) is 1. The van der Waals surface area contributed by atoms with Crippen LogP contribution in [0.25, 0.3) is 0 Å². The summed E-state index contributed by atoms with van der Waals surface area (Å²) < 4.78 is 9.28. The van der Waals surface area contributed by atoms with E-state index in [-0.39, 0.29) is 17.4 Å². The lowest BCUT2D eigenvalue weighted by Crippen LogP contribution is -2.51. The van der Waals surface area contributed by atoms with Crippen LogP contribution < -0.4 is 10.6 Å². The maximum atomic E-state index is 12.9. The van der Waals surface area contributed by atoms with Crippen LogP contribution in [0.4, 0.5) is 4.79 Å². The van der Waals surface area contributed by atoms with Crippen molar-refractivity contribution in [1.82, 2.24) is 20.5 Å². The van der Waals surface area contributed by atoms with Gasteiger partial charge in [0.1, 0.15) is 12.1 Å². The van der Waals surface area contributed by atoms with Gasteiger partial charge in [0, 0.05) is 38.2 Å². The summed E-state index contributed by atoms with van der Waals surface area (Å²) in [5.41, 5.74) is 0.854. The molecule has 172 valence electrons. The molecule has 2 N–H and O–H groups in total. The predicted octanol–water partition coefficient (Wildman–Crippen LogP) is 0.561. The smallest absolute Gasteiger partial charge is 0.410 e. The quantitative estimate of drug-likeness (QED) is 0.375. The number of nitriles is 1. The number of nitrogens with one attached hydrogen (secondary N) is 2.